The molecule has 0 atom stereocenters. The van der Waals surface area contributed by atoms with Gasteiger partial charge in [0.25, 0.3) is 10.0 Å². The summed E-state index contributed by atoms with van der Waals surface area (Å²) in [6, 6.07) is 12.6. The highest BCUT2D eigenvalue weighted by Gasteiger charge is 2.37. The fourth-order valence-corrected chi connectivity index (χ4v) is 6.06. The molecule has 8 heteroatoms. The molecule has 0 aliphatic carbocycles. The molecule has 2 aromatic rings. The van der Waals surface area contributed by atoms with E-state index < -0.39 is 10.0 Å². The summed E-state index contributed by atoms with van der Waals surface area (Å²) in [6.45, 7) is 4.72. The first-order valence-corrected chi connectivity index (χ1v) is 12.5. The lowest BCUT2D eigenvalue weighted by atomic mass is 9.97. The number of aryl methyl sites for hydroxylation is 1. The number of carbonyl (C=O) groups is 2. The molecule has 0 unspecified atom stereocenters. The number of amides is 1. The number of sulfonamides is 1. The van der Waals surface area contributed by atoms with Crippen LogP contribution in [0.4, 0.5) is 5.69 Å². The molecule has 2 aliphatic rings. The molecule has 2 aromatic carbocycles. The van der Waals surface area contributed by atoms with Crippen molar-refractivity contribution in [3.63, 3.8) is 0 Å². The van der Waals surface area contributed by atoms with Crippen molar-refractivity contribution in [1.29, 1.82) is 0 Å². The Kier molecular flexibility index (Phi) is 6.24. The molecule has 1 fully saturated rings. The van der Waals surface area contributed by atoms with E-state index >= 15 is 0 Å². The van der Waals surface area contributed by atoms with Crippen molar-refractivity contribution in [2.45, 2.75) is 38.0 Å². The number of piperidine rings is 1. The Balaban J connectivity index is 1.59. The topological polar surface area (TPSA) is 84.0 Å². The largest absolute Gasteiger partial charge is 0.466 e. The van der Waals surface area contributed by atoms with Gasteiger partial charge in [0.1, 0.15) is 6.54 Å². The summed E-state index contributed by atoms with van der Waals surface area (Å²) in [5, 5.41) is 0. The second kappa shape index (κ2) is 8.94. The van der Waals surface area contributed by atoms with Gasteiger partial charge in [-0.2, -0.15) is 0 Å². The normalized spacial score (nSPS) is 17.4. The zero-order chi connectivity index (χ0) is 22.9. The molecule has 0 aromatic heterocycles. The SMILES string of the molecule is CCOC(=O)C1CCN(C(=O)CN2c3ccc(CC)cc3-c3ccccc3S2(=O)=O)CC1. The highest BCUT2D eigenvalue weighted by molar-refractivity contribution is 7.93. The van der Waals surface area contributed by atoms with Crippen LogP contribution in [-0.4, -0.2) is 51.4 Å². The van der Waals surface area contributed by atoms with Gasteiger partial charge >= 0.3 is 5.97 Å². The smallest absolute Gasteiger partial charge is 0.309 e. The molecule has 0 saturated carbocycles. The number of esters is 1. The minimum atomic E-state index is -3.87. The summed E-state index contributed by atoms with van der Waals surface area (Å²) in [7, 11) is -3.87. The van der Waals surface area contributed by atoms with Crippen molar-refractivity contribution in [1.82, 2.24) is 4.90 Å². The van der Waals surface area contributed by atoms with Crippen LogP contribution in [0.1, 0.15) is 32.3 Å². The summed E-state index contributed by atoms with van der Waals surface area (Å²) in [6.07, 6.45) is 1.88. The monoisotopic (exact) mass is 456 g/mol. The molecule has 1 saturated heterocycles. The number of nitrogens with zero attached hydrogens (tertiary/aromatic N) is 2. The van der Waals surface area contributed by atoms with Gasteiger partial charge in [0.2, 0.25) is 5.91 Å². The lowest BCUT2D eigenvalue weighted by Crippen LogP contribution is -2.47. The molecule has 2 heterocycles. The number of rotatable bonds is 5. The Labute approximate surface area is 189 Å². The molecule has 0 bridgehead atoms. The average molecular weight is 457 g/mol. The van der Waals surface area contributed by atoms with Crippen LogP contribution < -0.4 is 4.31 Å². The van der Waals surface area contributed by atoms with Gasteiger partial charge in [-0.25, -0.2) is 8.42 Å². The Bertz CT molecular complexity index is 1140. The Hall–Kier alpha value is -2.87. The number of benzene rings is 2. The van der Waals surface area contributed by atoms with Gasteiger partial charge in [0, 0.05) is 24.2 Å². The predicted octanol–water partition coefficient (Wildman–Crippen LogP) is 3.23. The molecule has 32 heavy (non-hydrogen) atoms. The van der Waals surface area contributed by atoms with Crippen LogP contribution in [0.25, 0.3) is 11.1 Å². The quantitative estimate of drug-likeness (QED) is 0.645. The molecule has 170 valence electrons. The van der Waals surface area contributed by atoms with Crippen LogP contribution in [0, 0.1) is 5.92 Å². The van der Waals surface area contributed by atoms with Crippen molar-refractivity contribution < 1.29 is 22.7 Å². The minimum absolute atomic E-state index is 0.210. The van der Waals surface area contributed by atoms with E-state index in [2.05, 4.69) is 6.92 Å². The van der Waals surface area contributed by atoms with Crippen LogP contribution >= 0.6 is 0 Å². The third-order valence-electron chi connectivity index (χ3n) is 6.23. The number of hydrogen-bond acceptors (Lipinski definition) is 5. The van der Waals surface area contributed by atoms with Gasteiger partial charge < -0.3 is 9.64 Å². The van der Waals surface area contributed by atoms with Gasteiger partial charge in [-0.1, -0.05) is 31.2 Å². The van der Waals surface area contributed by atoms with E-state index in [9.17, 15) is 18.0 Å². The van der Waals surface area contributed by atoms with Gasteiger partial charge in [-0.3, -0.25) is 13.9 Å². The second-order valence-corrected chi connectivity index (χ2v) is 9.95. The van der Waals surface area contributed by atoms with Crippen LogP contribution in [0.2, 0.25) is 0 Å². The van der Waals surface area contributed by atoms with Crippen LogP contribution in [-0.2, 0) is 30.8 Å². The van der Waals surface area contributed by atoms with Crippen molar-refractivity contribution >= 4 is 27.6 Å². The standard InChI is InChI=1S/C24H28N2O5S/c1-3-17-9-10-21-20(15-17)19-7-5-6-8-22(19)32(29,30)26(21)16-23(27)25-13-11-18(12-14-25)24(28)31-4-2/h5-10,15,18H,3-4,11-14,16H2,1-2H3. The maximum absolute atomic E-state index is 13.4. The first kappa shape index (κ1) is 22.3. The van der Waals surface area contributed by atoms with Gasteiger partial charge in [-0.15, -0.1) is 0 Å². The Morgan fingerprint density at radius 3 is 2.44 bits per heavy atom. The van der Waals surface area contributed by atoms with E-state index in [1.54, 1.807) is 30.0 Å². The summed E-state index contributed by atoms with van der Waals surface area (Å²) >= 11 is 0. The number of likely N-dealkylation sites (tertiary alicyclic amines) is 1. The van der Waals surface area contributed by atoms with Crippen molar-refractivity contribution in [2.24, 2.45) is 5.92 Å². The summed E-state index contributed by atoms with van der Waals surface area (Å²) in [4.78, 5) is 26.9. The first-order chi connectivity index (χ1) is 15.4. The molecular weight excluding hydrogens is 428 g/mol. The predicted molar refractivity (Wildman–Crippen MR) is 122 cm³/mol. The average Bonchev–Trinajstić information content (AvgIpc) is 2.81. The maximum Gasteiger partial charge on any atom is 0.309 e. The van der Waals surface area contributed by atoms with Gasteiger partial charge in [-0.05, 0) is 49.9 Å². The first-order valence-electron chi connectivity index (χ1n) is 11.1. The zero-order valence-corrected chi connectivity index (χ0v) is 19.2. The highest BCUT2D eigenvalue weighted by Crippen LogP contribution is 2.43. The number of ether oxygens (including phenoxy) is 1. The van der Waals surface area contributed by atoms with Crippen LogP contribution in [0.5, 0.6) is 0 Å². The second-order valence-electron chi connectivity index (χ2n) is 8.12. The van der Waals surface area contributed by atoms with Crippen molar-refractivity contribution in [2.75, 3.05) is 30.5 Å². The van der Waals surface area contributed by atoms with E-state index in [-0.39, 0.29) is 29.2 Å². The van der Waals surface area contributed by atoms with Crippen molar-refractivity contribution in [3.05, 3.63) is 48.0 Å². The van der Waals surface area contributed by atoms with Crippen molar-refractivity contribution in [3.8, 4) is 11.1 Å². The lowest BCUT2D eigenvalue weighted by Gasteiger charge is -2.35. The van der Waals surface area contributed by atoms with Crippen LogP contribution in [0.3, 0.4) is 0 Å². The van der Waals surface area contributed by atoms with E-state index in [1.807, 2.05) is 24.3 Å². The maximum atomic E-state index is 13.4. The molecule has 0 spiro atoms. The van der Waals surface area contributed by atoms with E-state index in [0.29, 0.717) is 43.8 Å². The fraction of sp³-hybridized carbons (Fsp3) is 0.417. The third-order valence-corrected chi connectivity index (χ3v) is 8.05. The highest BCUT2D eigenvalue weighted by atomic mass is 32.2. The molecule has 4 rings (SSSR count). The van der Waals surface area contributed by atoms with E-state index in [4.69, 9.17) is 4.74 Å². The third kappa shape index (κ3) is 3.99. The van der Waals surface area contributed by atoms with Gasteiger partial charge in [0.05, 0.1) is 23.1 Å². The molecule has 0 radical (unpaired) electrons. The van der Waals surface area contributed by atoms with Gasteiger partial charge in [0.15, 0.2) is 0 Å². The fourth-order valence-electron chi connectivity index (χ4n) is 4.42. The number of carbonyl (C=O) groups excluding carboxylic acids is 2. The summed E-state index contributed by atoms with van der Waals surface area (Å²) in [5.74, 6) is -0.700. The molecular formula is C24H28N2O5S. The summed E-state index contributed by atoms with van der Waals surface area (Å²) in [5.41, 5.74) is 3.11. The Morgan fingerprint density at radius 2 is 1.75 bits per heavy atom. The Morgan fingerprint density at radius 1 is 1.03 bits per heavy atom. The molecule has 2 aliphatic heterocycles. The number of anilines is 1. The minimum Gasteiger partial charge on any atom is -0.466 e. The summed E-state index contributed by atoms with van der Waals surface area (Å²) < 4.78 is 33.2. The zero-order valence-electron chi connectivity index (χ0n) is 18.4. The number of hydrogen-bond donors (Lipinski definition) is 0. The molecule has 1 amide bonds. The lowest BCUT2D eigenvalue weighted by molar-refractivity contribution is -0.151. The van der Waals surface area contributed by atoms with E-state index in [0.717, 1.165) is 17.5 Å². The van der Waals surface area contributed by atoms with E-state index in [1.165, 1.54) is 4.31 Å². The van der Waals surface area contributed by atoms with Crippen LogP contribution in [0.15, 0.2) is 47.4 Å². The number of fused-ring (bicyclic) bond motifs is 3. The molecule has 0 N–H and O–H groups in total. The molecule has 7 nitrogen and oxygen atoms in total.